The topological polar surface area (TPSA) is 78.4 Å². The first-order valence-electron chi connectivity index (χ1n) is 7.19. The highest BCUT2D eigenvalue weighted by molar-refractivity contribution is 5.27. The Morgan fingerprint density at radius 3 is 2.60 bits per heavy atom. The van der Waals surface area contributed by atoms with Crippen molar-refractivity contribution in [1.29, 1.82) is 0 Å². The van der Waals surface area contributed by atoms with Gasteiger partial charge in [-0.3, -0.25) is 0 Å². The molecule has 1 unspecified atom stereocenters. The maximum Gasteiger partial charge on any atom is 0.324 e. The molecule has 1 aromatic heterocycles. The maximum absolute atomic E-state index is 5.61. The van der Waals surface area contributed by atoms with E-state index < -0.39 is 0 Å². The lowest BCUT2D eigenvalue weighted by atomic mass is 10.1. The lowest BCUT2D eigenvalue weighted by Crippen LogP contribution is -2.26. The molecule has 112 valence electrons. The highest BCUT2D eigenvalue weighted by Gasteiger charge is 2.16. The van der Waals surface area contributed by atoms with Crippen molar-refractivity contribution in [3.8, 4) is 12.0 Å². The zero-order valence-electron chi connectivity index (χ0n) is 12.1. The molecule has 7 nitrogen and oxygen atoms in total. The van der Waals surface area contributed by atoms with Crippen molar-refractivity contribution in [2.24, 2.45) is 0 Å². The van der Waals surface area contributed by atoms with E-state index in [0.29, 0.717) is 19.2 Å². The Kier molecular flexibility index (Phi) is 5.79. The van der Waals surface area contributed by atoms with Crippen molar-refractivity contribution in [1.82, 2.24) is 15.0 Å². The first-order chi connectivity index (χ1) is 9.81. The number of ether oxygens (including phenoxy) is 3. The largest absolute Gasteiger partial charge is 0.464 e. The summed E-state index contributed by atoms with van der Waals surface area (Å²) in [5, 5.41) is 3.03. The molecule has 0 amide bonds. The van der Waals surface area contributed by atoms with Crippen LogP contribution in [0.5, 0.6) is 12.0 Å². The lowest BCUT2D eigenvalue weighted by molar-refractivity contribution is -0.0130. The molecule has 0 aromatic carbocycles. The Morgan fingerprint density at radius 2 is 1.95 bits per heavy atom. The fourth-order valence-electron chi connectivity index (χ4n) is 1.94. The van der Waals surface area contributed by atoms with Gasteiger partial charge in [-0.25, -0.2) is 0 Å². The number of nitrogens with one attached hydrogen (secondary N) is 1. The zero-order chi connectivity index (χ0) is 14.2. The highest BCUT2D eigenvalue weighted by atomic mass is 16.5. The van der Waals surface area contributed by atoms with Crippen molar-refractivity contribution in [2.45, 2.75) is 39.2 Å². The summed E-state index contributed by atoms with van der Waals surface area (Å²) in [7, 11) is 0. The van der Waals surface area contributed by atoms with Crippen molar-refractivity contribution >= 4 is 5.95 Å². The van der Waals surface area contributed by atoms with E-state index in [1.807, 2.05) is 13.8 Å². The van der Waals surface area contributed by atoms with Gasteiger partial charge in [-0.2, -0.15) is 9.97 Å². The van der Waals surface area contributed by atoms with Gasteiger partial charge in [0.25, 0.3) is 0 Å². The van der Waals surface area contributed by atoms with E-state index in [9.17, 15) is 0 Å². The van der Waals surface area contributed by atoms with Crippen LogP contribution in [0.3, 0.4) is 0 Å². The van der Waals surface area contributed by atoms with Crippen molar-refractivity contribution in [3.63, 3.8) is 0 Å². The molecular weight excluding hydrogens is 260 g/mol. The molecule has 2 rings (SSSR count). The normalized spacial score (nSPS) is 18.6. The number of rotatable bonds is 7. The average Bonchev–Trinajstić information content (AvgIpc) is 2.47. The molecule has 7 heteroatoms. The van der Waals surface area contributed by atoms with Crippen LogP contribution in [0.2, 0.25) is 0 Å². The van der Waals surface area contributed by atoms with E-state index in [0.717, 1.165) is 26.0 Å². The standard InChI is InChI=1S/C13H22N4O3/c1-3-14-11-15-12(18-4-2)17-13(16-11)20-9-10-7-5-6-8-19-10/h10H,3-9H2,1-2H3,(H,14,15,16,17). The summed E-state index contributed by atoms with van der Waals surface area (Å²) in [4.78, 5) is 12.5. The van der Waals surface area contributed by atoms with Crippen LogP contribution in [-0.4, -0.2) is 47.4 Å². The molecule has 1 aromatic rings. The number of nitrogens with zero attached hydrogens (tertiary/aromatic N) is 3. The molecule has 1 saturated heterocycles. The molecule has 0 radical (unpaired) electrons. The van der Waals surface area contributed by atoms with E-state index in [1.54, 1.807) is 0 Å². The molecule has 1 atom stereocenters. The second-order valence-electron chi connectivity index (χ2n) is 4.49. The molecule has 1 aliphatic heterocycles. The molecule has 0 spiro atoms. The van der Waals surface area contributed by atoms with Crippen LogP contribution >= 0.6 is 0 Å². The summed E-state index contributed by atoms with van der Waals surface area (Å²) in [6, 6.07) is 0.548. The highest BCUT2D eigenvalue weighted by Crippen LogP contribution is 2.16. The third-order valence-electron chi connectivity index (χ3n) is 2.88. The number of hydrogen-bond acceptors (Lipinski definition) is 7. The average molecular weight is 282 g/mol. The van der Waals surface area contributed by atoms with Crippen LogP contribution in [0.15, 0.2) is 0 Å². The summed E-state index contributed by atoms with van der Waals surface area (Å²) >= 11 is 0. The van der Waals surface area contributed by atoms with Gasteiger partial charge in [-0.1, -0.05) is 0 Å². The molecular formula is C13H22N4O3. The molecule has 0 bridgehead atoms. The Hall–Kier alpha value is -1.63. The minimum atomic E-state index is 0.124. The van der Waals surface area contributed by atoms with E-state index in [-0.39, 0.29) is 18.1 Å². The van der Waals surface area contributed by atoms with Gasteiger partial charge in [0.05, 0.1) is 12.7 Å². The van der Waals surface area contributed by atoms with Gasteiger partial charge in [0.2, 0.25) is 5.95 Å². The van der Waals surface area contributed by atoms with Gasteiger partial charge in [0.1, 0.15) is 6.61 Å². The van der Waals surface area contributed by atoms with Gasteiger partial charge >= 0.3 is 12.0 Å². The summed E-state index contributed by atoms with van der Waals surface area (Å²) < 4.78 is 16.5. The van der Waals surface area contributed by atoms with Gasteiger partial charge in [-0.05, 0) is 33.1 Å². The van der Waals surface area contributed by atoms with Crippen LogP contribution in [0.4, 0.5) is 5.95 Å². The molecule has 0 saturated carbocycles. The van der Waals surface area contributed by atoms with Crippen molar-refractivity contribution < 1.29 is 14.2 Å². The van der Waals surface area contributed by atoms with Gasteiger partial charge in [-0.15, -0.1) is 4.98 Å². The van der Waals surface area contributed by atoms with Crippen molar-refractivity contribution in [3.05, 3.63) is 0 Å². The third-order valence-corrected chi connectivity index (χ3v) is 2.88. The van der Waals surface area contributed by atoms with E-state index >= 15 is 0 Å². The van der Waals surface area contributed by atoms with Crippen LogP contribution in [0, 0.1) is 0 Å². The van der Waals surface area contributed by atoms with Gasteiger partial charge < -0.3 is 19.5 Å². The third kappa shape index (κ3) is 4.48. The molecule has 1 fully saturated rings. The summed E-state index contributed by atoms with van der Waals surface area (Å²) in [5.74, 6) is 0.463. The lowest BCUT2D eigenvalue weighted by Gasteiger charge is -2.22. The molecule has 0 aliphatic carbocycles. The molecule has 2 heterocycles. The summed E-state index contributed by atoms with van der Waals surface area (Å²) in [6.07, 6.45) is 3.45. The summed E-state index contributed by atoms with van der Waals surface area (Å²) in [5.41, 5.74) is 0. The Morgan fingerprint density at radius 1 is 1.15 bits per heavy atom. The number of anilines is 1. The van der Waals surface area contributed by atoms with Gasteiger partial charge in [0.15, 0.2) is 0 Å². The monoisotopic (exact) mass is 282 g/mol. The number of aromatic nitrogens is 3. The fraction of sp³-hybridized carbons (Fsp3) is 0.769. The van der Waals surface area contributed by atoms with E-state index in [4.69, 9.17) is 14.2 Å². The van der Waals surface area contributed by atoms with Crippen LogP contribution in [-0.2, 0) is 4.74 Å². The Labute approximate surface area is 119 Å². The zero-order valence-corrected chi connectivity index (χ0v) is 12.1. The smallest absolute Gasteiger partial charge is 0.324 e. The molecule has 20 heavy (non-hydrogen) atoms. The van der Waals surface area contributed by atoms with Gasteiger partial charge in [0, 0.05) is 13.2 Å². The minimum Gasteiger partial charge on any atom is -0.464 e. The second kappa shape index (κ2) is 7.84. The quantitative estimate of drug-likeness (QED) is 0.814. The molecule has 1 aliphatic rings. The van der Waals surface area contributed by atoms with Crippen molar-refractivity contribution in [2.75, 3.05) is 31.7 Å². The predicted molar refractivity (Wildman–Crippen MR) is 74.2 cm³/mol. The minimum absolute atomic E-state index is 0.124. The van der Waals surface area contributed by atoms with Crippen LogP contribution in [0.1, 0.15) is 33.1 Å². The Bertz CT molecular complexity index is 386. The van der Waals surface area contributed by atoms with E-state index in [1.165, 1.54) is 6.42 Å². The number of hydrogen-bond donors (Lipinski definition) is 1. The SMILES string of the molecule is CCNc1nc(OCC)nc(OCC2CCCCO2)n1. The summed E-state index contributed by atoms with van der Waals surface area (Å²) in [6.45, 7) is 6.34. The fourth-order valence-corrected chi connectivity index (χ4v) is 1.94. The Balaban J connectivity index is 1.97. The van der Waals surface area contributed by atoms with Crippen LogP contribution in [0.25, 0.3) is 0 Å². The van der Waals surface area contributed by atoms with Crippen LogP contribution < -0.4 is 14.8 Å². The first kappa shape index (κ1) is 14.8. The first-order valence-corrected chi connectivity index (χ1v) is 7.19. The predicted octanol–water partition coefficient (Wildman–Crippen LogP) is 1.65. The second-order valence-corrected chi connectivity index (χ2v) is 4.49. The van der Waals surface area contributed by atoms with E-state index in [2.05, 4.69) is 20.3 Å². The maximum atomic E-state index is 5.61. The molecule has 1 N–H and O–H groups in total.